The minimum Gasteiger partial charge on any atom is -0.311 e. The summed E-state index contributed by atoms with van der Waals surface area (Å²) < 4.78 is 0. The van der Waals surface area contributed by atoms with Gasteiger partial charge in [0.2, 0.25) is 0 Å². The van der Waals surface area contributed by atoms with Gasteiger partial charge in [0.1, 0.15) is 0 Å². The predicted octanol–water partition coefficient (Wildman–Crippen LogP) is 3.09. The average molecular weight is 294 g/mol. The van der Waals surface area contributed by atoms with E-state index in [1.165, 1.54) is 31.2 Å². The summed E-state index contributed by atoms with van der Waals surface area (Å²) in [5.74, 6) is 0.894. The lowest BCUT2D eigenvalue weighted by Crippen LogP contribution is -2.56. The summed E-state index contributed by atoms with van der Waals surface area (Å²) in [6.45, 7) is 5.51. The van der Waals surface area contributed by atoms with E-state index in [2.05, 4.69) is 28.2 Å². The largest absolute Gasteiger partial charge is 0.311 e. The molecule has 2 fully saturated rings. The first-order valence-electron chi connectivity index (χ1n) is 7.83. The number of pyridine rings is 1. The van der Waals surface area contributed by atoms with Crippen LogP contribution in [0.2, 0.25) is 5.02 Å². The van der Waals surface area contributed by atoms with Crippen LogP contribution in [0.1, 0.15) is 38.2 Å². The van der Waals surface area contributed by atoms with E-state index in [1.807, 2.05) is 6.20 Å². The monoisotopic (exact) mass is 293 g/mol. The molecule has 2 unspecified atom stereocenters. The topological polar surface area (TPSA) is 28.2 Å². The van der Waals surface area contributed by atoms with Crippen LogP contribution in [-0.4, -0.2) is 35.1 Å². The second-order valence-electron chi connectivity index (χ2n) is 6.20. The number of aromatic nitrogens is 1. The second-order valence-corrected chi connectivity index (χ2v) is 6.60. The molecule has 1 aromatic heterocycles. The van der Waals surface area contributed by atoms with Crippen LogP contribution in [0.15, 0.2) is 18.5 Å². The third kappa shape index (κ3) is 3.33. The second kappa shape index (κ2) is 6.42. The molecular weight excluding hydrogens is 270 g/mol. The van der Waals surface area contributed by atoms with Gasteiger partial charge >= 0.3 is 0 Å². The third-order valence-corrected chi connectivity index (χ3v) is 4.91. The lowest BCUT2D eigenvalue weighted by molar-refractivity contribution is 0.104. The van der Waals surface area contributed by atoms with E-state index in [9.17, 15) is 0 Å². The Morgan fingerprint density at radius 3 is 3.00 bits per heavy atom. The Hall–Kier alpha value is -0.640. The van der Waals surface area contributed by atoms with Gasteiger partial charge in [0, 0.05) is 44.1 Å². The maximum Gasteiger partial charge on any atom is 0.0634 e. The molecule has 1 aliphatic carbocycles. The summed E-state index contributed by atoms with van der Waals surface area (Å²) in [6.07, 6.45) is 8.90. The zero-order chi connectivity index (χ0) is 13.9. The Morgan fingerprint density at radius 2 is 2.30 bits per heavy atom. The quantitative estimate of drug-likeness (QED) is 0.904. The van der Waals surface area contributed by atoms with E-state index in [4.69, 9.17) is 11.6 Å². The highest BCUT2D eigenvalue weighted by Gasteiger charge is 2.38. The summed E-state index contributed by atoms with van der Waals surface area (Å²) >= 11 is 6.28. The fraction of sp³-hybridized carbons (Fsp3) is 0.688. The summed E-state index contributed by atoms with van der Waals surface area (Å²) in [5.41, 5.74) is 1.21. The van der Waals surface area contributed by atoms with E-state index in [1.54, 1.807) is 6.20 Å². The summed E-state index contributed by atoms with van der Waals surface area (Å²) in [5, 5.41) is 4.53. The first-order chi connectivity index (χ1) is 9.78. The molecule has 1 N–H and O–H groups in total. The van der Waals surface area contributed by atoms with E-state index >= 15 is 0 Å². The van der Waals surface area contributed by atoms with Crippen LogP contribution < -0.4 is 5.32 Å². The number of hydrogen-bond acceptors (Lipinski definition) is 3. The molecule has 3 rings (SSSR count). The molecule has 0 amide bonds. The molecule has 0 spiro atoms. The molecule has 0 radical (unpaired) electrons. The van der Waals surface area contributed by atoms with Gasteiger partial charge in [0.05, 0.1) is 5.02 Å². The Morgan fingerprint density at radius 1 is 1.45 bits per heavy atom. The molecule has 4 heteroatoms. The van der Waals surface area contributed by atoms with Crippen molar-refractivity contribution in [2.75, 3.05) is 13.1 Å². The van der Waals surface area contributed by atoms with Gasteiger partial charge in [-0.3, -0.25) is 9.88 Å². The molecule has 3 nitrogen and oxygen atoms in total. The van der Waals surface area contributed by atoms with Crippen molar-refractivity contribution in [3.05, 3.63) is 29.0 Å². The third-order valence-electron chi connectivity index (χ3n) is 4.57. The number of rotatable bonds is 5. The van der Waals surface area contributed by atoms with Crippen molar-refractivity contribution in [1.82, 2.24) is 15.2 Å². The van der Waals surface area contributed by atoms with Crippen molar-refractivity contribution in [2.45, 2.75) is 51.2 Å². The van der Waals surface area contributed by atoms with Gasteiger partial charge in [-0.15, -0.1) is 0 Å². The lowest BCUT2D eigenvalue weighted by Gasteiger charge is -2.41. The van der Waals surface area contributed by atoms with Gasteiger partial charge in [-0.05, 0) is 36.8 Å². The maximum absolute atomic E-state index is 6.28. The minimum atomic E-state index is 0.635. The molecule has 0 aromatic carbocycles. The minimum absolute atomic E-state index is 0.635. The van der Waals surface area contributed by atoms with Gasteiger partial charge in [-0.2, -0.15) is 0 Å². The van der Waals surface area contributed by atoms with E-state index in [0.717, 1.165) is 30.6 Å². The standard InChI is InChI=1S/C16H24ClN3/c1-2-3-14-11-20(16(9-19-14)12-4-5-12)10-13-6-7-18-8-15(13)17/h6-8,12,14,16,19H,2-5,9-11H2,1H3. The highest BCUT2D eigenvalue weighted by molar-refractivity contribution is 6.31. The first-order valence-corrected chi connectivity index (χ1v) is 8.21. The van der Waals surface area contributed by atoms with Crippen LogP contribution in [0.4, 0.5) is 0 Å². The molecule has 20 heavy (non-hydrogen) atoms. The van der Waals surface area contributed by atoms with Gasteiger partial charge in [-0.1, -0.05) is 24.9 Å². The maximum atomic E-state index is 6.28. The number of nitrogens with zero attached hydrogens (tertiary/aromatic N) is 2. The lowest BCUT2D eigenvalue weighted by atomic mass is 10.0. The Kier molecular flexibility index (Phi) is 4.59. The predicted molar refractivity (Wildman–Crippen MR) is 82.9 cm³/mol. The first kappa shape index (κ1) is 14.3. The van der Waals surface area contributed by atoms with Crippen molar-refractivity contribution in [2.24, 2.45) is 5.92 Å². The average Bonchev–Trinajstić information content (AvgIpc) is 3.27. The highest BCUT2D eigenvalue weighted by Crippen LogP contribution is 2.37. The van der Waals surface area contributed by atoms with Gasteiger partial charge in [-0.25, -0.2) is 0 Å². The normalized spacial score (nSPS) is 27.7. The number of nitrogens with one attached hydrogen (secondary N) is 1. The number of hydrogen-bond donors (Lipinski definition) is 1. The molecule has 2 heterocycles. The van der Waals surface area contributed by atoms with E-state index in [0.29, 0.717) is 12.1 Å². The summed E-state index contributed by atoms with van der Waals surface area (Å²) in [7, 11) is 0. The van der Waals surface area contributed by atoms with Crippen molar-refractivity contribution in [1.29, 1.82) is 0 Å². The molecule has 110 valence electrons. The van der Waals surface area contributed by atoms with Crippen LogP contribution in [0.3, 0.4) is 0 Å². The molecule has 1 aromatic rings. The van der Waals surface area contributed by atoms with Crippen molar-refractivity contribution in [3.8, 4) is 0 Å². The Bertz CT molecular complexity index is 447. The molecule has 1 saturated carbocycles. The highest BCUT2D eigenvalue weighted by atomic mass is 35.5. The van der Waals surface area contributed by atoms with Crippen molar-refractivity contribution in [3.63, 3.8) is 0 Å². The van der Waals surface area contributed by atoms with Crippen LogP contribution in [0.25, 0.3) is 0 Å². The molecule has 1 aliphatic heterocycles. The molecule has 2 atom stereocenters. The smallest absolute Gasteiger partial charge is 0.0634 e. The van der Waals surface area contributed by atoms with Gasteiger partial charge < -0.3 is 5.32 Å². The zero-order valence-electron chi connectivity index (χ0n) is 12.2. The molecule has 2 aliphatic rings. The number of halogens is 1. The number of piperazine rings is 1. The van der Waals surface area contributed by atoms with E-state index in [-0.39, 0.29) is 0 Å². The Balaban J connectivity index is 1.70. The fourth-order valence-electron chi connectivity index (χ4n) is 3.32. The Labute approximate surface area is 126 Å². The molecular formula is C16H24ClN3. The van der Waals surface area contributed by atoms with Crippen LogP contribution in [-0.2, 0) is 6.54 Å². The van der Waals surface area contributed by atoms with Crippen molar-refractivity contribution < 1.29 is 0 Å². The molecule has 0 bridgehead atoms. The zero-order valence-corrected chi connectivity index (χ0v) is 12.9. The van der Waals surface area contributed by atoms with Crippen LogP contribution in [0.5, 0.6) is 0 Å². The SMILES string of the molecule is CCCC1CN(Cc2ccncc2Cl)C(C2CC2)CN1. The summed E-state index contributed by atoms with van der Waals surface area (Å²) in [6, 6.07) is 3.38. The van der Waals surface area contributed by atoms with Crippen molar-refractivity contribution >= 4 is 11.6 Å². The van der Waals surface area contributed by atoms with Crippen LogP contribution >= 0.6 is 11.6 Å². The fourth-order valence-corrected chi connectivity index (χ4v) is 3.50. The van der Waals surface area contributed by atoms with Gasteiger partial charge in [0.25, 0.3) is 0 Å². The van der Waals surface area contributed by atoms with Crippen LogP contribution in [0, 0.1) is 5.92 Å². The molecule has 1 saturated heterocycles. The van der Waals surface area contributed by atoms with Gasteiger partial charge in [0.15, 0.2) is 0 Å². The summed E-state index contributed by atoms with van der Waals surface area (Å²) in [4.78, 5) is 6.73. The van der Waals surface area contributed by atoms with E-state index < -0.39 is 0 Å².